The highest BCUT2D eigenvalue weighted by Gasteiger charge is 2.61. The molecule has 0 aliphatic heterocycles. The Morgan fingerprint density at radius 3 is 2.65 bits per heavy atom. The van der Waals surface area contributed by atoms with Crippen molar-refractivity contribution in [1.82, 2.24) is 0 Å². The Bertz CT molecular complexity index is 869. The molecule has 2 nitrogen and oxygen atoms in total. The fourth-order valence-corrected chi connectivity index (χ4v) is 9.02. The summed E-state index contributed by atoms with van der Waals surface area (Å²) < 4.78 is 0. The van der Waals surface area contributed by atoms with E-state index in [-0.39, 0.29) is 11.5 Å². The molecular weight excluding hydrogens is 380 g/mol. The van der Waals surface area contributed by atoms with Crippen LogP contribution in [-0.4, -0.2) is 21.9 Å². The molecule has 0 amide bonds. The van der Waals surface area contributed by atoms with Gasteiger partial charge in [0.25, 0.3) is 0 Å². The summed E-state index contributed by atoms with van der Waals surface area (Å²) in [5.41, 5.74) is 3.98. The summed E-state index contributed by atoms with van der Waals surface area (Å²) in [7, 11) is 0. The third kappa shape index (κ3) is 3.44. The van der Waals surface area contributed by atoms with Crippen molar-refractivity contribution in [3.63, 3.8) is 0 Å². The molecule has 4 aliphatic rings. The first-order chi connectivity index (χ1) is 14.6. The second-order valence-electron chi connectivity index (χ2n) is 12.4. The number of aryl methyl sites for hydroxylation is 1. The highest BCUT2D eigenvalue weighted by atomic mass is 16.3. The fourth-order valence-electron chi connectivity index (χ4n) is 9.02. The Morgan fingerprint density at radius 2 is 1.87 bits per heavy atom. The predicted octanol–water partition coefficient (Wildman–Crippen LogP) is 6.23. The van der Waals surface area contributed by atoms with Gasteiger partial charge in [0.15, 0.2) is 0 Å². The van der Waals surface area contributed by atoms with E-state index < -0.39 is 5.60 Å². The van der Waals surface area contributed by atoms with E-state index in [0.29, 0.717) is 11.3 Å². The molecule has 0 radical (unpaired) electrons. The Morgan fingerprint density at radius 1 is 1.06 bits per heavy atom. The molecule has 0 aromatic heterocycles. The number of rotatable bonds is 3. The van der Waals surface area contributed by atoms with Gasteiger partial charge in [0, 0.05) is 6.42 Å². The lowest BCUT2D eigenvalue weighted by Gasteiger charge is -2.59. The summed E-state index contributed by atoms with van der Waals surface area (Å²) in [5.74, 6) is 2.61. The van der Waals surface area contributed by atoms with Crippen LogP contribution in [0.4, 0.5) is 0 Å². The van der Waals surface area contributed by atoms with Gasteiger partial charge in [-0.3, -0.25) is 0 Å². The summed E-state index contributed by atoms with van der Waals surface area (Å²) in [5, 5.41) is 22.0. The molecule has 3 fully saturated rings. The van der Waals surface area contributed by atoms with Gasteiger partial charge in [-0.05, 0) is 105 Å². The van der Waals surface area contributed by atoms with E-state index in [1.165, 1.54) is 36.8 Å². The van der Waals surface area contributed by atoms with Crippen molar-refractivity contribution in [1.29, 1.82) is 0 Å². The Labute approximate surface area is 189 Å². The second kappa shape index (κ2) is 7.45. The first-order valence-corrected chi connectivity index (χ1v) is 12.8. The zero-order valence-corrected chi connectivity index (χ0v) is 20.0. The average molecular weight is 423 g/mol. The number of allylic oxidation sites excluding steroid dienone is 1. The first kappa shape index (κ1) is 21.7. The summed E-state index contributed by atoms with van der Waals surface area (Å²) >= 11 is 0. The van der Waals surface area contributed by atoms with Gasteiger partial charge >= 0.3 is 0 Å². The van der Waals surface area contributed by atoms with Gasteiger partial charge in [-0.15, -0.1) is 0 Å². The van der Waals surface area contributed by atoms with Crippen LogP contribution in [0.5, 0.6) is 0 Å². The minimum absolute atomic E-state index is 0.127. The van der Waals surface area contributed by atoms with E-state index in [0.717, 1.165) is 49.9 Å². The minimum atomic E-state index is -0.654. The van der Waals surface area contributed by atoms with Crippen molar-refractivity contribution < 1.29 is 10.2 Å². The summed E-state index contributed by atoms with van der Waals surface area (Å²) in [4.78, 5) is 0. The predicted molar refractivity (Wildman–Crippen MR) is 127 cm³/mol. The van der Waals surface area contributed by atoms with E-state index in [1.807, 2.05) is 0 Å². The normalized spacial score (nSPS) is 43.9. The van der Waals surface area contributed by atoms with Crippen LogP contribution in [0.2, 0.25) is 0 Å². The lowest BCUT2D eigenvalue weighted by Crippen LogP contribution is -2.53. The number of hydrogen-bond donors (Lipinski definition) is 2. The van der Waals surface area contributed by atoms with E-state index in [1.54, 1.807) is 5.57 Å². The largest absolute Gasteiger partial charge is 0.393 e. The van der Waals surface area contributed by atoms with Crippen LogP contribution in [0.15, 0.2) is 35.9 Å². The fraction of sp³-hybridized carbons (Fsp3) is 0.724. The molecule has 1 aromatic carbocycles. The van der Waals surface area contributed by atoms with Crippen molar-refractivity contribution in [3.8, 4) is 0 Å². The smallest absolute Gasteiger partial charge is 0.0693 e. The van der Waals surface area contributed by atoms with Crippen LogP contribution in [0.1, 0.15) is 83.3 Å². The molecule has 31 heavy (non-hydrogen) atoms. The maximum Gasteiger partial charge on any atom is 0.0693 e. The molecule has 2 N–H and O–H groups in total. The number of benzene rings is 1. The Kier molecular flexibility index (Phi) is 5.22. The number of fused-ring (bicyclic) bond motifs is 5. The van der Waals surface area contributed by atoms with Crippen molar-refractivity contribution in [2.45, 2.75) is 97.2 Å². The van der Waals surface area contributed by atoms with E-state index in [2.05, 4.69) is 58.0 Å². The van der Waals surface area contributed by atoms with Gasteiger partial charge in [-0.2, -0.15) is 0 Å². The molecule has 0 bridgehead atoms. The average Bonchev–Trinajstić information content (AvgIpc) is 3.06. The van der Waals surface area contributed by atoms with Crippen LogP contribution in [0, 0.1) is 41.4 Å². The highest BCUT2D eigenvalue weighted by Crippen LogP contribution is 2.67. The standard InChI is InChI=1S/C29H42O2/c1-19-6-5-7-20(16-19)18-29(4,31)26-11-10-24-23-9-8-21-17-22(30)12-14-27(21,2)25(23)13-15-28(24,26)3/h5-8,16,22-26,30-31H,9-15,17-18H2,1-4H3/t22-,23?,24?,25?,26?,27-,28-,29-/m0/s1. The SMILES string of the molecule is Cc1cccc(C[C@](C)(O)C2CCC3C4CC=C5C[C@@H](O)CC[C@]5(C)C4CC[C@@]32C)c1. The topological polar surface area (TPSA) is 40.5 Å². The van der Waals surface area contributed by atoms with E-state index in [4.69, 9.17) is 0 Å². The van der Waals surface area contributed by atoms with Crippen LogP contribution in [0.25, 0.3) is 0 Å². The molecular formula is C29H42O2. The molecule has 170 valence electrons. The maximum atomic E-state index is 11.8. The summed E-state index contributed by atoms with van der Waals surface area (Å²) in [6.45, 7) is 9.28. The van der Waals surface area contributed by atoms with Crippen molar-refractivity contribution in [2.75, 3.05) is 0 Å². The first-order valence-electron chi connectivity index (χ1n) is 12.8. The maximum absolute atomic E-state index is 11.8. The molecule has 4 aliphatic carbocycles. The summed E-state index contributed by atoms with van der Waals surface area (Å²) in [6.07, 6.45) is 12.3. The van der Waals surface area contributed by atoms with Gasteiger partial charge < -0.3 is 10.2 Å². The number of aliphatic hydroxyl groups excluding tert-OH is 1. The van der Waals surface area contributed by atoms with Crippen molar-refractivity contribution >= 4 is 0 Å². The van der Waals surface area contributed by atoms with Crippen LogP contribution in [-0.2, 0) is 6.42 Å². The molecule has 1 aromatic rings. The monoisotopic (exact) mass is 422 g/mol. The van der Waals surface area contributed by atoms with E-state index in [9.17, 15) is 10.2 Å². The minimum Gasteiger partial charge on any atom is -0.393 e. The Balaban J connectivity index is 1.40. The van der Waals surface area contributed by atoms with Gasteiger partial charge in [-0.25, -0.2) is 0 Å². The molecule has 0 saturated heterocycles. The zero-order valence-electron chi connectivity index (χ0n) is 20.0. The third-order valence-electron chi connectivity index (χ3n) is 10.5. The van der Waals surface area contributed by atoms with Gasteiger partial charge in [-0.1, -0.05) is 55.3 Å². The molecule has 5 rings (SSSR count). The zero-order chi connectivity index (χ0) is 22.0. The molecule has 8 atom stereocenters. The summed E-state index contributed by atoms with van der Waals surface area (Å²) in [6, 6.07) is 8.69. The van der Waals surface area contributed by atoms with Crippen LogP contribution < -0.4 is 0 Å². The highest BCUT2D eigenvalue weighted by molar-refractivity contribution is 5.27. The molecule has 2 heteroatoms. The molecule has 0 heterocycles. The number of hydrogen-bond acceptors (Lipinski definition) is 2. The quantitative estimate of drug-likeness (QED) is 0.567. The van der Waals surface area contributed by atoms with Crippen LogP contribution in [0.3, 0.4) is 0 Å². The van der Waals surface area contributed by atoms with Crippen molar-refractivity contribution in [2.24, 2.45) is 34.5 Å². The van der Waals surface area contributed by atoms with E-state index >= 15 is 0 Å². The second-order valence-corrected chi connectivity index (χ2v) is 12.4. The van der Waals surface area contributed by atoms with Gasteiger partial charge in [0.05, 0.1) is 11.7 Å². The molecule has 3 saturated carbocycles. The third-order valence-corrected chi connectivity index (χ3v) is 10.5. The lowest BCUT2D eigenvalue weighted by atomic mass is 9.46. The van der Waals surface area contributed by atoms with Crippen LogP contribution >= 0.6 is 0 Å². The van der Waals surface area contributed by atoms with Gasteiger partial charge in [0.1, 0.15) is 0 Å². The van der Waals surface area contributed by atoms with Gasteiger partial charge in [0.2, 0.25) is 0 Å². The molecule has 4 unspecified atom stereocenters. The van der Waals surface area contributed by atoms with Crippen molar-refractivity contribution in [3.05, 3.63) is 47.0 Å². The Hall–Kier alpha value is -1.12. The molecule has 0 spiro atoms. The number of aliphatic hydroxyl groups is 2. The lowest BCUT2D eigenvalue weighted by molar-refractivity contribution is -0.101.